The molecule has 0 radical (unpaired) electrons. The third kappa shape index (κ3) is 9.17. The maximum absolute atomic E-state index is 6.17. The Morgan fingerprint density at radius 2 is 1.83 bits per heavy atom. The Labute approximate surface area is 201 Å². The van der Waals surface area contributed by atoms with Gasteiger partial charge in [0.05, 0.1) is 18.8 Å². The Morgan fingerprint density at radius 3 is 2.50 bits per heavy atom. The molecule has 1 N–H and O–H groups in total. The van der Waals surface area contributed by atoms with Gasteiger partial charge in [-0.3, -0.25) is 4.99 Å². The molecule has 0 spiro atoms. The molecule has 3 heterocycles. The summed E-state index contributed by atoms with van der Waals surface area (Å²) in [5.74, 6) is 2.00. The quantitative estimate of drug-likeness (QED) is 0.222. The number of guanidine groups is 1. The van der Waals surface area contributed by atoms with Gasteiger partial charge in [0, 0.05) is 32.8 Å². The highest BCUT2D eigenvalue weighted by atomic mass is 127. The molecule has 3 rings (SSSR count). The molecule has 0 aliphatic carbocycles. The van der Waals surface area contributed by atoms with Gasteiger partial charge in [0.2, 0.25) is 0 Å². The van der Waals surface area contributed by atoms with Crippen LogP contribution >= 0.6 is 24.0 Å². The Morgan fingerprint density at radius 1 is 1.07 bits per heavy atom. The average molecular weight is 537 g/mol. The van der Waals surface area contributed by atoms with Gasteiger partial charge < -0.3 is 24.6 Å². The highest BCUT2D eigenvalue weighted by molar-refractivity contribution is 14.0. The minimum atomic E-state index is 0. The number of nitrogens with zero attached hydrogens (tertiary/aromatic N) is 3. The molecule has 3 fully saturated rings. The molecule has 1 unspecified atom stereocenters. The monoisotopic (exact) mass is 536 g/mol. The van der Waals surface area contributed by atoms with Gasteiger partial charge in [-0.15, -0.1) is 24.0 Å². The van der Waals surface area contributed by atoms with Gasteiger partial charge in [-0.05, 0) is 83.8 Å². The van der Waals surface area contributed by atoms with Crippen molar-refractivity contribution in [3.8, 4) is 0 Å². The van der Waals surface area contributed by atoms with Crippen molar-refractivity contribution in [3.63, 3.8) is 0 Å². The van der Waals surface area contributed by atoms with E-state index in [2.05, 4.69) is 29.0 Å². The lowest BCUT2D eigenvalue weighted by Gasteiger charge is -2.35. The molecule has 30 heavy (non-hydrogen) atoms. The number of rotatable bonds is 8. The molecular weight excluding hydrogens is 491 g/mol. The summed E-state index contributed by atoms with van der Waals surface area (Å²) in [5.41, 5.74) is 0. The maximum atomic E-state index is 6.17. The van der Waals surface area contributed by atoms with Crippen LogP contribution < -0.4 is 5.32 Å². The van der Waals surface area contributed by atoms with Crippen molar-refractivity contribution in [2.75, 3.05) is 59.0 Å². The predicted molar refractivity (Wildman–Crippen MR) is 135 cm³/mol. The van der Waals surface area contributed by atoms with E-state index in [0.717, 1.165) is 77.0 Å². The van der Waals surface area contributed by atoms with Gasteiger partial charge in [0.1, 0.15) is 0 Å². The smallest absolute Gasteiger partial charge is 0.193 e. The number of ether oxygens (including phenoxy) is 2. The number of nitrogens with one attached hydrogen (secondary N) is 1. The third-order valence-corrected chi connectivity index (χ3v) is 6.64. The number of aliphatic imine (C=N–C) groups is 1. The molecular formula is C23H45IN4O2. The van der Waals surface area contributed by atoms with Gasteiger partial charge in [0.15, 0.2) is 5.96 Å². The lowest BCUT2D eigenvalue weighted by atomic mass is 9.99. The van der Waals surface area contributed by atoms with Gasteiger partial charge >= 0.3 is 0 Å². The first kappa shape index (κ1) is 26.1. The fourth-order valence-corrected chi connectivity index (χ4v) is 4.61. The van der Waals surface area contributed by atoms with Crippen molar-refractivity contribution in [1.82, 2.24) is 15.1 Å². The summed E-state index contributed by atoms with van der Waals surface area (Å²) < 4.78 is 12.0. The molecule has 0 saturated carbocycles. The van der Waals surface area contributed by atoms with Crippen molar-refractivity contribution in [2.45, 2.75) is 77.4 Å². The zero-order valence-electron chi connectivity index (χ0n) is 19.3. The summed E-state index contributed by atoms with van der Waals surface area (Å²) in [5, 5.41) is 3.50. The minimum absolute atomic E-state index is 0. The summed E-state index contributed by atoms with van der Waals surface area (Å²) in [6, 6.07) is 0. The average Bonchev–Trinajstić information content (AvgIpc) is 2.77. The first-order valence-electron chi connectivity index (χ1n) is 12.2. The number of halogens is 1. The number of likely N-dealkylation sites (tertiary alicyclic amines) is 2. The molecule has 6 nitrogen and oxygen atoms in total. The van der Waals surface area contributed by atoms with Crippen LogP contribution in [-0.2, 0) is 9.47 Å². The third-order valence-electron chi connectivity index (χ3n) is 6.64. The van der Waals surface area contributed by atoms with E-state index < -0.39 is 0 Å². The summed E-state index contributed by atoms with van der Waals surface area (Å²) >= 11 is 0. The zero-order chi connectivity index (χ0) is 20.3. The molecule has 0 aromatic heterocycles. The minimum Gasteiger partial charge on any atom is -0.376 e. The zero-order valence-corrected chi connectivity index (χ0v) is 21.6. The van der Waals surface area contributed by atoms with Crippen molar-refractivity contribution in [2.24, 2.45) is 10.9 Å². The molecule has 1 atom stereocenters. The fraction of sp³-hybridized carbons (Fsp3) is 0.957. The van der Waals surface area contributed by atoms with Crippen LogP contribution in [-0.4, -0.2) is 87.0 Å². The molecule has 0 aromatic rings. The fourth-order valence-electron chi connectivity index (χ4n) is 4.61. The summed E-state index contributed by atoms with van der Waals surface area (Å²) in [4.78, 5) is 9.96. The van der Waals surface area contributed by atoms with E-state index in [1.807, 2.05) is 0 Å². The second kappa shape index (κ2) is 14.9. The highest BCUT2D eigenvalue weighted by Gasteiger charge is 2.24. The molecule has 0 amide bonds. The maximum Gasteiger partial charge on any atom is 0.193 e. The van der Waals surface area contributed by atoms with Crippen LogP contribution in [0, 0.1) is 5.92 Å². The Bertz CT molecular complexity index is 472. The van der Waals surface area contributed by atoms with Crippen molar-refractivity contribution < 1.29 is 9.47 Å². The summed E-state index contributed by atoms with van der Waals surface area (Å²) in [6.07, 6.45) is 10.4. The normalized spacial score (nSPS) is 25.2. The topological polar surface area (TPSA) is 49.3 Å². The highest BCUT2D eigenvalue weighted by Crippen LogP contribution is 2.18. The van der Waals surface area contributed by atoms with Crippen LogP contribution in [0.1, 0.15) is 65.2 Å². The molecule has 0 aromatic carbocycles. The van der Waals surface area contributed by atoms with Crippen molar-refractivity contribution in [3.05, 3.63) is 0 Å². The largest absolute Gasteiger partial charge is 0.376 e. The van der Waals surface area contributed by atoms with E-state index in [0.29, 0.717) is 12.2 Å². The summed E-state index contributed by atoms with van der Waals surface area (Å²) in [6.45, 7) is 13.9. The molecule has 3 aliphatic heterocycles. The van der Waals surface area contributed by atoms with E-state index >= 15 is 0 Å². The van der Waals surface area contributed by atoms with E-state index in [9.17, 15) is 0 Å². The molecule has 3 aliphatic rings. The van der Waals surface area contributed by atoms with E-state index in [1.165, 1.54) is 45.3 Å². The van der Waals surface area contributed by atoms with E-state index in [-0.39, 0.29) is 24.0 Å². The first-order valence-corrected chi connectivity index (χ1v) is 12.2. The van der Waals surface area contributed by atoms with Gasteiger partial charge in [0.25, 0.3) is 0 Å². The van der Waals surface area contributed by atoms with Crippen molar-refractivity contribution >= 4 is 29.9 Å². The Hall–Kier alpha value is -0.120. The van der Waals surface area contributed by atoms with Crippen molar-refractivity contribution in [1.29, 1.82) is 0 Å². The van der Waals surface area contributed by atoms with Crippen LogP contribution in [0.15, 0.2) is 4.99 Å². The second-order valence-electron chi connectivity index (χ2n) is 9.12. The molecule has 0 bridgehead atoms. The first-order chi connectivity index (χ1) is 14.2. The van der Waals surface area contributed by atoms with Gasteiger partial charge in [-0.2, -0.15) is 0 Å². The summed E-state index contributed by atoms with van der Waals surface area (Å²) in [7, 11) is 0. The molecule has 176 valence electrons. The van der Waals surface area contributed by atoms with Crippen LogP contribution in [0.25, 0.3) is 0 Å². The van der Waals surface area contributed by atoms with E-state index in [1.54, 1.807) is 0 Å². The Kier molecular flexibility index (Phi) is 12.9. The van der Waals surface area contributed by atoms with Gasteiger partial charge in [-0.25, -0.2) is 0 Å². The predicted octanol–water partition coefficient (Wildman–Crippen LogP) is 3.74. The number of hydrogen-bond acceptors (Lipinski definition) is 4. The van der Waals surface area contributed by atoms with E-state index in [4.69, 9.17) is 14.5 Å². The number of piperidine rings is 2. The van der Waals surface area contributed by atoms with Crippen LogP contribution in [0.4, 0.5) is 0 Å². The molecule has 3 saturated heterocycles. The Balaban J connectivity index is 0.00000320. The SMILES string of the molecule is CCNC(=NCCCN1CCC(C)CC1)N1CCC(OCC2CCCCO2)CC1.I. The standard InChI is InChI=1S/C23H44N4O2.HI/c1-3-24-23(25-12-6-13-26-14-8-20(2)9-15-26)27-16-10-21(11-17-27)29-19-22-7-4-5-18-28-22;/h20-22H,3-19H2,1-2H3,(H,24,25);1H. The lowest BCUT2D eigenvalue weighted by molar-refractivity contribution is -0.0721. The number of hydrogen-bond donors (Lipinski definition) is 1. The van der Waals surface area contributed by atoms with Crippen LogP contribution in [0.2, 0.25) is 0 Å². The molecule has 7 heteroatoms. The van der Waals surface area contributed by atoms with Crippen LogP contribution in [0.3, 0.4) is 0 Å². The van der Waals surface area contributed by atoms with Crippen LogP contribution in [0.5, 0.6) is 0 Å². The lowest BCUT2D eigenvalue weighted by Crippen LogP contribution is -2.47. The van der Waals surface area contributed by atoms with Gasteiger partial charge in [-0.1, -0.05) is 6.92 Å². The second-order valence-corrected chi connectivity index (χ2v) is 9.12.